The van der Waals surface area contributed by atoms with Crippen molar-refractivity contribution in [3.63, 3.8) is 0 Å². The third-order valence-corrected chi connectivity index (χ3v) is 1.23. The molecule has 3 N–H and O–H groups in total. The van der Waals surface area contributed by atoms with Gasteiger partial charge in [0.1, 0.15) is 6.54 Å². The number of esters is 1. The molecule has 0 aliphatic carbocycles. The Kier molecular flexibility index (Phi) is 3.52. The van der Waals surface area contributed by atoms with Crippen molar-refractivity contribution in [3.8, 4) is 0 Å². The van der Waals surface area contributed by atoms with E-state index in [1.165, 1.54) is 0 Å². The minimum atomic E-state index is -4.28. The zero-order chi connectivity index (χ0) is 8.20. The largest absolute Gasteiger partial charge is 0.468 e. The molecule has 0 unspecified atom stereocenters. The fourth-order valence-electron chi connectivity index (χ4n) is 0.240. The van der Waals surface area contributed by atoms with Crippen LogP contribution in [0.25, 0.3) is 0 Å². The van der Waals surface area contributed by atoms with E-state index in [4.69, 9.17) is 9.79 Å². The summed E-state index contributed by atoms with van der Waals surface area (Å²) >= 11 is 0. The molecule has 0 aliphatic heterocycles. The number of hydrogen-bond acceptors (Lipinski definition) is 3. The maximum absolute atomic E-state index is 10.2. The lowest BCUT2D eigenvalue weighted by Crippen LogP contribution is -2.20. The topological polar surface area (TPSA) is 95.9 Å². The summed E-state index contributed by atoms with van der Waals surface area (Å²) in [6.45, 7) is -0.485. The summed E-state index contributed by atoms with van der Waals surface area (Å²) in [7, 11) is -3.15. The highest BCUT2D eigenvalue weighted by molar-refractivity contribution is 7.49. The van der Waals surface area contributed by atoms with Gasteiger partial charge in [0.2, 0.25) is 0 Å². The third kappa shape index (κ3) is 5.71. The molecule has 10 heavy (non-hydrogen) atoms. The molecular weight excluding hydrogens is 161 g/mol. The Morgan fingerprint density at radius 3 is 2.50 bits per heavy atom. The van der Waals surface area contributed by atoms with Crippen molar-refractivity contribution in [1.82, 2.24) is 5.09 Å². The molecule has 0 aromatic rings. The number of methoxy groups -OCH3 is 1. The van der Waals surface area contributed by atoms with Crippen LogP contribution in [-0.4, -0.2) is 29.4 Å². The summed E-state index contributed by atoms with van der Waals surface area (Å²) in [5, 5.41) is 1.66. The second kappa shape index (κ2) is 3.68. The lowest BCUT2D eigenvalue weighted by Gasteiger charge is -2.03. The third-order valence-electron chi connectivity index (χ3n) is 0.657. The average Bonchev–Trinajstić information content (AvgIpc) is 1.81. The van der Waals surface area contributed by atoms with E-state index >= 15 is 0 Å². The molecule has 0 saturated heterocycles. The highest BCUT2D eigenvalue weighted by Gasteiger charge is 2.13. The highest BCUT2D eigenvalue weighted by Crippen LogP contribution is 2.27. The molecule has 0 aromatic carbocycles. The van der Waals surface area contributed by atoms with Crippen molar-refractivity contribution in [1.29, 1.82) is 0 Å². The molecule has 0 saturated carbocycles. The van der Waals surface area contributed by atoms with Crippen LogP contribution in [0.15, 0.2) is 0 Å². The van der Waals surface area contributed by atoms with E-state index in [0.717, 1.165) is 7.11 Å². The normalized spacial score (nSPS) is 11.1. The molecule has 6 nitrogen and oxygen atoms in total. The molecule has 0 spiro atoms. The standard InChI is InChI=1S/C3H8NO5P/c1-9-3(5)2-4-10(6,7)8/h2H2,1H3,(H3,4,6,7,8). The predicted molar refractivity (Wildman–Crippen MR) is 32.1 cm³/mol. The summed E-state index contributed by atoms with van der Waals surface area (Å²) in [5.74, 6) is -0.719. The first kappa shape index (κ1) is 9.58. The first-order valence-electron chi connectivity index (χ1n) is 2.33. The number of hydrogen-bond donors (Lipinski definition) is 3. The Morgan fingerprint density at radius 1 is 1.70 bits per heavy atom. The molecule has 0 radical (unpaired) electrons. The van der Waals surface area contributed by atoms with Crippen molar-refractivity contribution in [3.05, 3.63) is 0 Å². The number of nitrogens with one attached hydrogen (secondary N) is 1. The number of rotatable bonds is 3. The Labute approximate surface area is 57.4 Å². The van der Waals surface area contributed by atoms with Crippen LogP contribution in [0, 0.1) is 0 Å². The Morgan fingerprint density at radius 2 is 2.20 bits per heavy atom. The highest BCUT2D eigenvalue weighted by atomic mass is 31.2. The van der Waals surface area contributed by atoms with Crippen LogP contribution in [0.3, 0.4) is 0 Å². The van der Waals surface area contributed by atoms with E-state index in [1.54, 1.807) is 5.09 Å². The van der Waals surface area contributed by atoms with Crippen molar-refractivity contribution >= 4 is 13.7 Å². The molecule has 0 aromatic heterocycles. The summed E-state index contributed by atoms with van der Waals surface area (Å²) in [6, 6.07) is 0. The summed E-state index contributed by atoms with van der Waals surface area (Å²) < 4.78 is 14.1. The smallest absolute Gasteiger partial charge is 0.400 e. The first-order valence-corrected chi connectivity index (χ1v) is 3.94. The van der Waals surface area contributed by atoms with E-state index < -0.39 is 20.3 Å². The zero-order valence-electron chi connectivity index (χ0n) is 5.27. The lowest BCUT2D eigenvalue weighted by atomic mass is 10.7. The molecule has 0 fully saturated rings. The molecule has 0 atom stereocenters. The van der Waals surface area contributed by atoms with Crippen molar-refractivity contribution in [2.75, 3.05) is 13.7 Å². The van der Waals surface area contributed by atoms with Crippen molar-refractivity contribution in [2.24, 2.45) is 0 Å². The Balaban J connectivity index is 3.56. The minimum Gasteiger partial charge on any atom is -0.468 e. The van der Waals surface area contributed by atoms with E-state index in [-0.39, 0.29) is 0 Å². The summed E-state index contributed by atoms with van der Waals surface area (Å²) in [6.07, 6.45) is 0. The second-order valence-corrected chi connectivity index (χ2v) is 2.86. The quantitative estimate of drug-likeness (QED) is 0.364. The van der Waals surface area contributed by atoms with E-state index in [2.05, 4.69) is 4.74 Å². The second-order valence-electron chi connectivity index (χ2n) is 1.46. The number of ether oxygens (including phenoxy) is 1. The van der Waals surface area contributed by atoms with E-state index in [0.29, 0.717) is 0 Å². The van der Waals surface area contributed by atoms with Gasteiger partial charge in [-0.3, -0.25) is 4.79 Å². The molecule has 0 rings (SSSR count). The van der Waals surface area contributed by atoms with Gasteiger partial charge >= 0.3 is 13.7 Å². The molecule has 0 bridgehead atoms. The molecular formula is C3H8NO5P. The lowest BCUT2D eigenvalue weighted by molar-refractivity contribution is -0.139. The van der Waals surface area contributed by atoms with Crippen LogP contribution >= 0.6 is 7.75 Å². The van der Waals surface area contributed by atoms with E-state index in [9.17, 15) is 9.36 Å². The number of carbonyl (C=O) groups is 1. The van der Waals surface area contributed by atoms with Gasteiger partial charge in [-0.25, -0.2) is 9.65 Å². The van der Waals surface area contributed by atoms with Crippen molar-refractivity contribution < 1.29 is 23.9 Å². The van der Waals surface area contributed by atoms with Crippen LogP contribution in [0.4, 0.5) is 0 Å². The van der Waals surface area contributed by atoms with Gasteiger partial charge in [0, 0.05) is 0 Å². The maximum Gasteiger partial charge on any atom is 0.400 e. The molecule has 0 heterocycles. The van der Waals surface area contributed by atoms with Crippen LogP contribution < -0.4 is 5.09 Å². The number of carbonyl (C=O) groups excluding carboxylic acids is 1. The fraction of sp³-hybridized carbons (Fsp3) is 0.667. The van der Waals surface area contributed by atoms with Crippen LogP contribution in [-0.2, 0) is 14.1 Å². The van der Waals surface area contributed by atoms with Gasteiger partial charge in [-0.2, -0.15) is 0 Å². The van der Waals surface area contributed by atoms with Gasteiger partial charge in [-0.15, -0.1) is 0 Å². The van der Waals surface area contributed by atoms with Gasteiger partial charge < -0.3 is 14.5 Å². The molecule has 0 amide bonds. The van der Waals surface area contributed by atoms with Crippen LogP contribution in [0.2, 0.25) is 0 Å². The van der Waals surface area contributed by atoms with Gasteiger partial charge in [0.15, 0.2) is 0 Å². The zero-order valence-corrected chi connectivity index (χ0v) is 6.17. The monoisotopic (exact) mass is 169 g/mol. The molecule has 7 heteroatoms. The van der Waals surface area contributed by atoms with Gasteiger partial charge in [-0.1, -0.05) is 0 Å². The van der Waals surface area contributed by atoms with Crippen molar-refractivity contribution in [2.45, 2.75) is 0 Å². The maximum atomic E-state index is 10.2. The minimum absolute atomic E-state index is 0.485. The van der Waals surface area contributed by atoms with Gasteiger partial charge in [-0.05, 0) is 0 Å². The molecule has 60 valence electrons. The van der Waals surface area contributed by atoms with Gasteiger partial charge in [0.05, 0.1) is 7.11 Å². The van der Waals surface area contributed by atoms with E-state index in [1.807, 2.05) is 0 Å². The fourth-order valence-corrected chi connectivity index (χ4v) is 0.575. The van der Waals surface area contributed by atoms with Gasteiger partial charge in [0.25, 0.3) is 0 Å². The Hall–Kier alpha value is -0.420. The Bertz CT molecular complexity index is 162. The first-order chi connectivity index (χ1) is 4.45. The molecule has 0 aliphatic rings. The average molecular weight is 169 g/mol. The van der Waals surface area contributed by atoms with Crippen LogP contribution in [0.1, 0.15) is 0 Å². The predicted octanol–water partition coefficient (Wildman–Crippen LogP) is -1.16. The summed E-state index contributed by atoms with van der Waals surface area (Å²) in [5.41, 5.74) is 0. The summed E-state index contributed by atoms with van der Waals surface area (Å²) in [4.78, 5) is 26.5. The van der Waals surface area contributed by atoms with Crippen LogP contribution in [0.5, 0.6) is 0 Å². The SMILES string of the molecule is COC(=O)CNP(=O)(O)O.